The van der Waals surface area contributed by atoms with Crippen molar-refractivity contribution in [2.45, 2.75) is 32.4 Å². The van der Waals surface area contributed by atoms with Gasteiger partial charge in [-0.1, -0.05) is 26.8 Å². The minimum atomic E-state index is 0.0786. The van der Waals surface area contributed by atoms with Crippen molar-refractivity contribution in [2.24, 2.45) is 0 Å². The van der Waals surface area contributed by atoms with E-state index in [0.29, 0.717) is 0 Å². The summed E-state index contributed by atoms with van der Waals surface area (Å²) in [5.41, 5.74) is 1.80. The lowest BCUT2D eigenvalue weighted by molar-refractivity contribution is -0.124. The molecule has 0 unspecified atom stereocenters. The average Bonchev–Trinajstić information content (AvgIpc) is 2.36. The lowest BCUT2D eigenvalue weighted by atomic mass is 10.3. The minimum Gasteiger partial charge on any atom is -0.372 e. The van der Waals surface area contributed by atoms with E-state index in [9.17, 15) is 4.79 Å². The third-order valence-electron chi connectivity index (χ3n) is 2.45. The van der Waals surface area contributed by atoms with Gasteiger partial charge in [0.2, 0.25) is 0 Å². The second kappa shape index (κ2) is 4.77. The molecule has 96 valence electrons. The van der Waals surface area contributed by atoms with E-state index in [0.717, 1.165) is 16.3 Å². The summed E-state index contributed by atoms with van der Waals surface area (Å²) in [6, 6.07) is 0. The highest BCUT2D eigenvalue weighted by Gasteiger charge is 2.35. The lowest BCUT2D eigenvalue weighted by Gasteiger charge is -2.21. The number of allylic oxidation sites excluding steroid dienone is 1. The summed E-state index contributed by atoms with van der Waals surface area (Å²) in [7, 11) is 5.67. The van der Waals surface area contributed by atoms with Crippen LogP contribution in [-0.4, -0.2) is 41.6 Å². The molecular formula is C13H22N2OS. The van der Waals surface area contributed by atoms with Crippen molar-refractivity contribution in [3.8, 4) is 0 Å². The number of hydrogen-bond acceptors (Lipinski definition) is 3. The third kappa shape index (κ3) is 2.86. The maximum atomic E-state index is 12.2. The number of nitrogens with zero attached hydrogens (tertiary/aromatic N) is 2. The van der Waals surface area contributed by atoms with Crippen molar-refractivity contribution in [1.29, 1.82) is 0 Å². The quantitative estimate of drug-likeness (QED) is 0.757. The smallest absolute Gasteiger partial charge is 0.275 e. The lowest BCUT2D eigenvalue weighted by Crippen LogP contribution is -2.26. The Morgan fingerprint density at radius 2 is 1.82 bits per heavy atom. The van der Waals surface area contributed by atoms with Crippen molar-refractivity contribution in [1.82, 2.24) is 9.80 Å². The Labute approximate surface area is 109 Å². The Morgan fingerprint density at radius 3 is 2.18 bits per heavy atom. The molecule has 3 nitrogen and oxygen atoms in total. The molecule has 0 aromatic carbocycles. The van der Waals surface area contributed by atoms with E-state index in [4.69, 9.17) is 0 Å². The van der Waals surface area contributed by atoms with E-state index in [-0.39, 0.29) is 10.7 Å². The molecule has 0 spiro atoms. The fraction of sp³-hybridized carbons (Fsp3) is 0.615. The Balaban J connectivity index is 3.27. The van der Waals surface area contributed by atoms with Crippen LogP contribution < -0.4 is 0 Å². The predicted molar refractivity (Wildman–Crippen MR) is 74.6 cm³/mol. The Hall–Kier alpha value is -0.900. The summed E-state index contributed by atoms with van der Waals surface area (Å²) in [6.45, 7) is 8.46. The van der Waals surface area contributed by atoms with Gasteiger partial charge < -0.3 is 9.80 Å². The number of rotatable bonds is 2. The van der Waals surface area contributed by atoms with Gasteiger partial charge in [-0.2, -0.15) is 0 Å². The SMILES string of the molecule is C/C=C1/C(SC(C)(C)C)=C(N(C)C)C(=O)N1C. The van der Waals surface area contributed by atoms with Crippen LogP contribution in [0.3, 0.4) is 0 Å². The van der Waals surface area contributed by atoms with Gasteiger partial charge in [-0.3, -0.25) is 4.79 Å². The van der Waals surface area contributed by atoms with Crippen LogP contribution in [0.2, 0.25) is 0 Å². The normalized spacial score (nSPS) is 19.6. The Morgan fingerprint density at radius 1 is 1.29 bits per heavy atom. The molecule has 1 aliphatic rings. The molecular weight excluding hydrogens is 232 g/mol. The zero-order valence-electron chi connectivity index (χ0n) is 11.8. The van der Waals surface area contributed by atoms with Crippen LogP contribution in [0.25, 0.3) is 0 Å². The molecule has 0 N–H and O–H groups in total. The fourth-order valence-electron chi connectivity index (χ4n) is 1.76. The number of amides is 1. The van der Waals surface area contributed by atoms with Gasteiger partial charge in [0.05, 0.1) is 10.6 Å². The van der Waals surface area contributed by atoms with Crippen molar-refractivity contribution in [3.05, 3.63) is 22.4 Å². The highest BCUT2D eigenvalue weighted by molar-refractivity contribution is 8.04. The molecule has 0 aromatic heterocycles. The molecule has 0 saturated carbocycles. The number of thioether (sulfide) groups is 1. The summed E-state index contributed by atoms with van der Waals surface area (Å²) in [5.74, 6) is 0.0786. The number of carbonyl (C=O) groups is 1. The van der Waals surface area contributed by atoms with Crippen LogP contribution in [0.15, 0.2) is 22.4 Å². The molecule has 17 heavy (non-hydrogen) atoms. The summed E-state index contributed by atoms with van der Waals surface area (Å²) >= 11 is 1.75. The van der Waals surface area contributed by atoms with Gasteiger partial charge in [-0.15, -0.1) is 11.8 Å². The van der Waals surface area contributed by atoms with Gasteiger partial charge in [-0.05, 0) is 6.92 Å². The van der Waals surface area contributed by atoms with Crippen molar-refractivity contribution in [2.75, 3.05) is 21.1 Å². The van der Waals surface area contributed by atoms with E-state index < -0.39 is 0 Å². The van der Waals surface area contributed by atoms with Crippen LogP contribution >= 0.6 is 11.8 Å². The molecule has 1 amide bonds. The van der Waals surface area contributed by atoms with E-state index in [1.807, 2.05) is 39.0 Å². The highest BCUT2D eigenvalue weighted by Crippen LogP contribution is 2.42. The first kappa shape index (κ1) is 14.2. The minimum absolute atomic E-state index is 0.0786. The summed E-state index contributed by atoms with van der Waals surface area (Å²) < 4.78 is 0.0936. The van der Waals surface area contributed by atoms with Crippen LogP contribution in [0.5, 0.6) is 0 Å². The standard InChI is InChI=1S/C13H22N2OS/c1-8-9-11(17-13(2,3)4)10(14(5)6)12(16)15(9)7/h8H,1-7H3/b9-8-. The predicted octanol–water partition coefficient (Wildman–Crippen LogP) is 2.67. The first-order valence-corrected chi connectivity index (χ1v) is 6.56. The van der Waals surface area contributed by atoms with Gasteiger partial charge in [-0.25, -0.2) is 0 Å². The Kier molecular flexibility index (Phi) is 3.97. The molecule has 0 radical (unpaired) electrons. The van der Waals surface area contributed by atoms with Gasteiger partial charge in [0.1, 0.15) is 5.70 Å². The fourth-order valence-corrected chi connectivity index (χ4v) is 3.10. The Bertz CT molecular complexity index is 389. The summed E-state index contributed by atoms with van der Waals surface area (Å²) in [6.07, 6.45) is 2.00. The number of likely N-dealkylation sites (N-methyl/N-ethyl adjacent to an activating group) is 2. The zero-order chi connectivity index (χ0) is 13.4. The molecule has 0 bridgehead atoms. The van der Waals surface area contributed by atoms with Gasteiger partial charge in [0.25, 0.3) is 5.91 Å². The summed E-state index contributed by atoms with van der Waals surface area (Å²) in [4.78, 5) is 16.9. The zero-order valence-corrected chi connectivity index (χ0v) is 12.6. The maximum absolute atomic E-state index is 12.2. The maximum Gasteiger partial charge on any atom is 0.275 e. The van der Waals surface area contributed by atoms with Crippen LogP contribution in [-0.2, 0) is 4.79 Å². The topological polar surface area (TPSA) is 23.6 Å². The number of hydrogen-bond donors (Lipinski definition) is 0. The molecule has 1 heterocycles. The largest absolute Gasteiger partial charge is 0.372 e. The average molecular weight is 254 g/mol. The van der Waals surface area contributed by atoms with Crippen LogP contribution in [0.1, 0.15) is 27.7 Å². The van der Waals surface area contributed by atoms with E-state index in [1.165, 1.54) is 0 Å². The van der Waals surface area contributed by atoms with E-state index >= 15 is 0 Å². The molecule has 1 rings (SSSR count). The van der Waals surface area contributed by atoms with Crippen molar-refractivity contribution in [3.63, 3.8) is 0 Å². The first-order chi connectivity index (χ1) is 7.69. The van der Waals surface area contributed by atoms with Crippen LogP contribution in [0.4, 0.5) is 0 Å². The molecule has 0 saturated heterocycles. The molecule has 4 heteroatoms. The summed E-state index contributed by atoms with van der Waals surface area (Å²) in [5, 5.41) is 0. The monoisotopic (exact) mass is 254 g/mol. The molecule has 1 aliphatic heterocycles. The van der Waals surface area contributed by atoms with Gasteiger partial charge in [0.15, 0.2) is 0 Å². The third-order valence-corrected chi connectivity index (χ3v) is 3.66. The molecule has 0 aliphatic carbocycles. The van der Waals surface area contributed by atoms with E-state index in [1.54, 1.807) is 16.7 Å². The van der Waals surface area contributed by atoms with E-state index in [2.05, 4.69) is 20.8 Å². The first-order valence-electron chi connectivity index (χ1n) is 5.74. The second-order valence-corrected chi connectivity index (χ2v) is 7.16. The highest BCUT2D eigenvalue weighted by atomic mass is 32.2. The second-order valence-electron chi connectivity index (χ2n) is 5.32. The van der Waals surface area contributed by atoms with Crippen molar-refractivity contribution >= 4 is 17.7 Å². The van der Waals surface area contributed by atoms with Crippen LogP contribution in [0, 0.1) is 0 Å². The van der Waals surface area contributed by atoms with Gasteiger partial charge in [0, 0.05) is 25.9 Å². The van der Waals surface area contributed by atoms with Crippen molar-refractivity contribution < 1.29 is 4.79 Å². The molecule has 0 fully saturated rings. The molecule has 0 atom stereocenters. The van der Waals surface area contributed by atoms with Gasteiger partial charge >= 0.3 is 0 Å². The number of carbonyl (C=O) groups excluding carboxylic acids is 1. The molecule has 0 aromatic rings.